The maximum atomic E-state index is 13.0. The molecule has 5 heteroatoms. The second-order valence-corrected chi connectivity index (χ2v) is 7.48. The van der Waals surface area contributed by atoms with E-state index >= 15 is 0 Å². The molecule has 2 fully saturated rings. The molecule has 2 unspecified atom stereocenters. The lowest BCUT2D eigenvalue weighted by molar-refractivity contribution is -0.135. The van der Waals surface area contributed by atoms with Gasteiger partial charge in [0.1, 0.15) is 5.82 Å². The quantitative estimate of drug-likeness (QED) is 0.850. The number of rotatable bonds is 3. The highest BCUT2D eigenvalue weighted by molar-refractivity contribution is 5.78. The van der Waals surface area contributed by atoms with Crippen molar-refractivity contribution in [1.82, 2.24) is 9.80 Å². The molecule has 4 nitrogen and oxygen atoms in total. The van der Waals surface area contributed by atoms with E-state index in [-0.39, 0.29) is 11.7 Å². The highest BCUT2D eigenvalue weighted by Gasteiger charge is 2.27. The molecule has 0 aliphatic carbocycles. The minimum absolute atomic E-state index is 0.201. The first kappa shape index (κ1) is 17.2. The molecule has 0 bridgehead atoms. The molecule has 0 radical (unpaired) electrons. The smallest absolute Gasteiger partial charge is 0.236 e. The van der Waals surface area contributed by atoms with Crippen LogP contribution >= 0.6 is 0 Å². The van der Waals surface area contributed by atoms with Gasteiger partial charge in [0, 0.05) is 45.0 Å². The zero-order valence-corrected chi connectivity index (χ0v) is 14.7. The van der Waals surface area contributed by atoms with Gasteiger partial charge in [0.2, 0.25) is 5.91 Å². The van der Waals surface area contributed by atoms with Gasteiger partial charge in [0.05, 0.1) is 6.54 Å². The van der Waals surface area contributed by atoms with E-state index < -0.39 is 0 Å². The van der Waals surface area contributed by atoms with Gasteiger partial charge in [-0.2, -0.15) is 0 Å². The zero-order chi connectivity index (χ0) is 17.1. The standard InChI is InChI=1S/C19H28FN3O/c1-15-11-16(2)13-23(12-15)19(24)14-21-7-9-22(10-8-21)18-5-3-17(20)4-6-18/h3-6,15-16H,7-14H2,1-2H3. The molecule has 2 atom stereocenters. The van der Waals surface area contributed by atoms with E-state index in [9.17, 15) is 9.18 Å². The molecule has 2 saturated heterocycles. The van der Waals surface area contributed by atoms with Gasteiger partial charge in [-0.25, -0.2) is 4.39 Å². The molecular weight excluding hydrogens is 305 g/mol. The number of nitrogens with zero attached hydrogens (tertiary/aromatic N) is 3. The number of halogens is 1. The highest BCUT2D eigenvalue weighted by Crippen LogP contribution is 2.21. The topological polar surface area (TPSA) is 26.8 Å². The molecule has 0 saturated carbocycles. The Morgan fingerprint density at radius 2 is 1.62 bits per heavy atom. The Hall–Kier alpha value is -1.62. The number of piperidine rings is 1. The molecule has 0 spiro atoms. The van der Waals surface area contributed by atoms with Crippen LogP contribution in [0.2, 0.25) is 0 Å². The first-order chi connectivity index (χ1) is 11.5. The number of hydrogen-bond donors (Lipinski definition) is 0. The van der Waals surface area contributed by atoms with Crippen molar-refractivity contribution >= 4 is 11.6 Å². The number of carbonyl (C=O) groups is 1. The van der Waals surface area contributed by atoms with Crippen LogP contribution in [0.15, 0.2) is 24.3 Å². The molecule has 3 rings (SSSR count). The third-order valence-corrected chi connectivity index (χ3v) is 5.14. The lowest BCUT2D eigenvalue weighted by Crippen LogP contribution is -2.52. The summed E-state index contributed by atoms with van der Waals surface area (Å²) in [5.41, 5.74) is 1.06. The van der Waals surface area contributed by atoms with E-state index in [0.717, 1.165) is 45.0 Å². The number of hydrogen-bond acceptors (Lipinski definition) is 3. The molecule has 2 aliphatic heterocycles. The normalized spacial score (nSPS) is 25.8. The predicted octanol–water partition coefficient (Wildman–Crippen LogP) is 2.45. The molecule has 0 aromatic heterocycles. The van der Waals surface area contributed by atoms with E-state index in [0.29, 0.717) is 18.4 Å². The van der Waals surface area contributed by atoms with Gasteiger partial charge >= 0.3 is 0 Å². The number of amides is 1. The number of benzene rings is 1. The number of piperazine rings is 1. The Bertz CT molecular complexity index is 544. The summed E-state index contributed by atoms with van der Waals surface area (Å²) in [4.78, 5) is 19.1. The first-order valence-electron chi connectivity index (χ1n) is 9.02. The lowest BCUT2D eigenvalue weighted by Gasteiger charge is -2.39. The molecule has 1 aromatic rings. The first-order valence-corrected chi connectivity index (χ1v) is 9.02. The maximum absolute atomic E-state index is 13.0. The highest BCUT2D eigenvalue weighted by atomic mass is 19.1. The summed E-state index contributed by atoms with van der Waals surface area (Å²) in [5.74, 6) is 1.28. The van der Waals surface area contributed by atoms with Crippen molar-refractivity contribution < 1.29 is 9.18 Å². The largest absolute Gasteiger partial charge is 0.369 e. The van der Waals surface area contributed by atoms with Crippen LogP contribution in [0.3, 0.4) is 0 Å². The van der Waals surface area contributed by atoms with Gasteiger partial charge in [-0.1, -0.05) is 13.8 Å². The van der Waals surface area contributed by atoms with E-state index in [4.69, 9.17) is 0 Å². The van der Waals surface area contributed by atoms with Crippen LogP contribution in [-0.2, 0) is 4.79 Å². The summed E-state index contributed by atoms with van der Waals surface area (Å²) in [6.45, 7) is 10.3. The van der Waals surface area contributed by atoms with Crippen LogP contribution in [0.5, 0.6) is 0 Å². The van der Waals surface area contributed by atoms with Crippen molar-refractivity contribution in [1.29, 1.82) is 0 Å². The van der Waals surface area contributed by atoms with E-state index in [1.54, 1.807) is 0 Å². The maximum Gasteiger partial charge on any atom is 0.236 e. The Morgan fingerprint density at radius 3 is 2.21 bits per heavy atom. The monoisotopic (exact) mass is 333 g/mol. The van der Waals surface area contributed by atoms with E-state index in [2.05, 4.69) is 23.6 Å². The fourth-order valence-corrected chi connectivity index (χ4v) is 3.97. The van der Waals surface area contributed by atoms with Crippen molar-refractivity contribution in [3.05, 3.63) is 30.1 Å². The summed E-state index contributed by atoms with van der Waals surface area (Å²) in [7, 11) is 0. The van der Waals surface area contributed by atoms with Crippen molar-refractivity contribution in [3.63, 3.8) is 0 Å². The van der Waals surface area contributed by atoms with Crippen LogP contribution in [0.25, 0.3) is 0 Å². The number of carbonyl (C=O) groups excluding carboxylic acids is 1. The predicted molar refractivity (Wildman–Crippen MR) is 94.6 cm³/mol. The Labute approximate surface area is 144 Å². The SMILES string of the molecule is CC1CC(C)CN(C(=O)CN2CCN(c3ccc(F)cc3)CC2)C1. The van der Waals surface area contributed by atoms with E-state index in [1.807, 2.05) is 17.0 Å². The minimum atomic E-state index is -0.201. The average Bonchev–Trinajstić information content (AvgIpc) is 2.55. The Balaban J connectivity index is 1.48. The Kier molecular flexibility index (Phi) is 5.39. The number of anilines is 1. The third kappa shape index (κ3) is 4.26. The molecule has 2 aliphatic rings. The van der Waals surface area contributed by atoms with Crippen LogP contribution in [0, 0.1) is 17.7 Å². The van der Waals surface area contributed by atoms with Gasteiger partial charge < -0.3 is 9.80 Å². The average molecular weight is 333 g/mol. The molecule has 0 N–H and O–H groups in total. The zero-order valence-electron chi connectivity index (χ0n) is 14.7. The molecule has 1 aromatic carbocycles. The second kappa shape index (κ2) is 7.51. The molecule has 2 heterocycles. The van der Waals surface area contributed by atoms with Gasteiger partial charge in [0.25, 0.3) is 0 Å². The van der Waals surface area contributed by atoms with Gasteiger partial charge in [0.15, 0.2) is 0 Å². The fourth-order valence-electron chi connectivity index (χ4n) is 3.97. The fraction of sp³-hybridized carbons (Fsp3) is 0.632. The molecule has 132 valence electrons. The van der Waals surface area contributed by atoms with Crippen molar-refractivity contribution in [2.45, 2.75) is 20.3 Å². The van der Waals surface area contributed by atoms with E-state index in [1.165, 1.54) is 18.6 Å². The number of likely N-dealkylation sites (tertiary alicyclic amines) is 1. The summed E-state index contributed by atoms with van der Waals surface area (Å²) in [6.07, 6.45) is 1.22. The minimum Gasteiger partial charge on any atom is -0.369 e. The lowest BCUT2D eigenvalue weighted by atomic mass is 9.92. The second-order valence-electron chi connectivity index (χ2n) is 7.48. The summed E-state index contributed by atoms with van der Waals surface area (Å²) >= 11 is 0. The van der Waals surface area contributed by atoms with Crippen LogP contribution in [-0.4, -0.2) is 61.5 Å². The van der Waals surface area contributed by atoms with Crippen molar-refractivity contribution in [3.8, 4) is 0 Å². The van der Waals surface area contributed by atoms with Crippen molar-refractivity contribution in [2.75, 3.05) is 50.7 Å². The summed E-state index contributed by atoms with van der Waals surface area (Å²) < 4.78 is 13.0. The van der Waals surface area contributed by atoms with Crippen LogP contribution in [0.1, 0.15) is 20.3 Å². The van der Waals surface area contributed by atoms with Gasteiger partial charge in [-0.3, -0.25) is 9.69 Å². The molecular formula is C19H28FN3O. The van der Waals surface area contributed by atoms with Crippen LogP contribution < -0.4 is 4.90 Å². The van der Waals surface area contributed by atoms with Crippen molar-refractivity contribution in [2.24, 2.45) is 11.8 Å². The molecule has 1 amide bonds. The summed E-state index contributed by atoms with van der Waals surface area (Å²) in [6, 6.07) is 6.66. The van der Waals surface area contributed by atoms with Gasteiger partial charge in [-0.15, -0.1) is 0 Å². The molecule has 24 heavy (non-hydrogen) atoms. The third-order valence-electron chi connectivity index (χ3n) is 5.14. The van der Waals surface area contributed by atoms with Crippen LogP contribution in [0.4, 0.5) is 10.1 Å². The Morgan fingerprint density at radius 1 is 1.04 bits per heavy atom. The summed E-state index contributed by atoms with van der Waals surface area (Å²) in [5, 5.41) is 0. The van der Waals surface area contributed by atoms with Gasteiger partial charge in [-0.05, 0) is 42.5 Å².